The minimum Gasteiger partial charge on any atom is -0.465 e. The Morgan fingerprint density at radius 3 is 2.35 bits per heavy atom. The van der Waals surface area contributed by atoms with Gasteiger partial charge >= 0.3 is 5.97 Å². The van der Waals surface area contributed by atoms with E-state index in [0.717, 1.165) is 55.7 Å². The predicted molar refractivity (Wildman–Crippen MR) is 179 cm³/mol. The number of halogens is 1. The number of guanidine groups is 1. The molecule has 0 bridgehead atoms. The molecule has 12 nitrogen and oxygen atoms in total. The maximum atomic E-state index is 14.1. The van der Waals surface area contributed by atoms with Crippen LogP contribution in [0.4, 0.5) is 0 Å². The lowest BCUT2D eigenvalue weighted by atomic mass is 9.89. The van der Waals surface area contributed by atoms with Crippen molar-refractivity contribution in [2.75, 3.05) is 39.3 Å². The van der Waals surface area contributed by atoms with E-state index >= 15 is 0 Å². The molecule has 2 aromatic rings. The van der Waals surface area contributed by atoms with Crippen molar-refractivity contribution in [3.8, 4) is 0 Å². The first kappa shape index (κ1) is 37.0. The van der Waals surface area contributed by atoms with E-state index in [1.807, 2.05) is 18.2 Å². The fourth-order valence-electron chi connectivity index (χ4n) is 6.16. The van der Waals surface area contributed by atoms with Crippen molar-refractivity contribution in [1.29, 1.82) is 5.41 Å². The number of nitrogens with one attached hydrogen (secondary N) is 3. The lowest BCUT2D eigenvalue weighted by Crippen LogP contribution is -2.53. The van der Waals surface area contributed by atoms with E-state index in [1.54, 1.807) is 24.0 Å². The summed E-state index contributed by atoms with van der Waals surface area (Å²) in [5.74, 6) is -1.33. The molecule has 254 valence electrons. The molecule has 1 atom stereocenters. The third-order valence-electron chi connectivity index (χ3n) is 8.70. The Morgan fingerprint density at radius 1 is 1.02 bits per heavy atom. The van der Waals surface area contributed by atoms with Gasteiger partial charge in [-0.1, -0.05) is 49.6 Å². The van der Waals surface area contributed by atoms with Gasteiger partial charge in [0.05, 0.1) is 17.9 Å². The van der Waals surface area contributed by atoms with Crippen molar-refractivity contribution in [3.63, 3.8) is 0 Å². The molecule has 0 radical (unpaired) electrons. The molecule has 4 rings (SSSR count). The van der Waals surface area contributed by atoms with Crippen LogP contribution in [0, 0.1) is 17.2 Å². The number of rotatable bonds is 13. The van der Waals surface area contributed by atoms with Crippen LogP contribution in [-0.4, -0.2) is 87.3 Å². The zero-order valence-corrected chi connectivity index (χ0v) is 28.0. The molecule has 1 aliphatic carbocycles. The summed E-state index contributed by atoms with van der Waals surface area (Å²) in [6.07, 6.45) is 6.03. The van der Waals surface area contributed by atoms with Crippen LogP contribution < -0.4 is 15.8 Å². The normalized spacial score (nSPS) is 16.7. The Hall–Kier alpha value is -3.42. The van der Waals surface area contributed by atoms with E-state index in [9.17, 15) is 22.8 Å². The van der Waals surface area contributed by atoms with Crippen LogP contribution in [0.25, 0.3) is 10.8 Å². The Labute approximate surface area is 277 Å². The van der Waals surface area contributed by atoms with Gasteiger partial charge in [0.2, 0.25) is 21.8 Å². The zero-order valence-electron chi connectivity index (χ0n) is 26.4. The van der Waals surface area contributed by atoms with Gasteiger partial charge in [0.25, 0.3) is 0 Å². The first-order valence-corrected chi connectivity index (χ1v) is 17.3. The SMILES string of the molecule is CCOC(=O)CN(CC1CCCCC1)C(=O)[C@H](CC(=O)NCC1CCN(C(=N)N)CC1)NS(=O)(=O)c1ccc2ccccc2c1.Cl. The monoisotopic (exact) mass is 678 g/mol. The van der Waals surface area contributed by atoms with Gasteiger partial charge in [0.1, 0.15) is 12.6 Å². The van der Waals surface area contributed by atoms with E-state index in [-0.39, 0.29) is 54.8 Å². The molecule has 5 N–H and O–H groups in total. The molecule has 0 aromatic heterocycles. The van der Waals surface area contributed by atoms with Crippen LogP contribution in [0.5, 0.6) is 0 Å². The third kappa shape index (κ3) is 10.6. The number of hydrogen-bond donors (Lipinski definition) is 4. The molecule has 1 aliphatic heterocycles. The van der Waals surface area contributed by atoms with Crippen LogP contribution in [0.2, 0.25) is 0 Å². The third-order valence-corrected chi connectivity index (χ3v) is 10.2. The number of amides is 2. The molecule has 1 saturated carbocycles. The van der Waals surface area contributed by atoms with Crippen molar-refractivity contribution >= 4 is 56.9 Å². The van der Waals surface area contributed by atoms with Crippen LogP contribution in [0.1, 0.15) is 58.3 Å². The molecule has 0 unspecified atom stereocenters. The number of hydrogen-bond acceptors (Lipinski definition) is 7. The van der Waals surface area contributed by atoms with Crippen molar-refractivity contribution in [1.82, 2.24) is 19.8 Å². The molecule has 46 heavy (non-hydrogen) atoms. The quantitative estimate of drug-likeness (QED) is 0.142. The topological polar surface area (TPSA) is 175 Å². The molecule has 0 spiro atoms. The highest BCUT2D eigenvalue weighted by molar-refractivity contribution is 7.89. The maximum Gasteiger partial charge on any atom is 0.325 e. The first-order valence-electron chi connectivity index (χ1n) is 15.9. The maximum absolute atomic E-state index is 14.1. The highest BCUT2D eigenvalue weighted by Gasteiger charge is 2.34. The highest BCUT2D eigenvalue weighted by Crippen LogP contribution is 2.25. The van der Waals surface area contributed by atoms with E-state index in [0.29, 0.717) is 19.6 Å². The summed E-state index contributed by atoms with van der Waals surface area (Å²) >= 11 is 0. The summed E-state index contributed by atoms with van der Waals surface area (Å²) < 4.78 is 35.0. The number of likely N-dealkylation sites (tertiary alicyclic amines) is 1. The second-order valence-corrected chi connectivity index (χ2v) is 13.7. The van der Waals surface area contributed by atoms with Gasteiger partial charge in [-0.05, 0) is 67.3 Å². The average Bonchev–Trinajstić information content (AvgIpc) is 3.03. The summed E-state index contributed by atoms with van der Waals surface area (Å²) in [7, 11) is -4.23. The van der Waals surface area contributed by atoms with E-state index in [4.69, 9.17) is 15.9 Å². The number of esters is 1. The smallest absolute Gasteiger partial charge is 0.325 e. The van der Waals surface area contributed by atoms with E-state index in [1.165, 1.54) is 17.0 Å². The number of carbonyl (C=O) groups excluding carboxylic acids is 3. The van der Waals surface area contributed by atoms with Gasteiger partial charge in [-0.2, -0.15) is 4.72 Å². The van der Waals surface area contributed by atoms with E-state index < -0.39 is 40.3 Å². The van der Waals surface area contributed by atoms with Crippen molar-refractivity contribution in [2.24, 2.45) is 17.6 Å². The molecule has 2 amide bonds. The number of carbonyl (C=O) groups is 3. The standard InChI is InChI=1S/C32H46N6O6S.ClH/c1-2-44-30(40)22-38(21-24-8-4-3-5-9-24)31(41)28(19-29(39)35-20-23-14-16-37(17-15-23)32(33)34)36-45(42,43)27-13-12-25-10-6-7-11-26(25)18-27;/h6-7,10-13,18,23-24,28,36H,2-5,8-9,14-17,19-22H2,1H3,(H3,33,34)(H,35,39);1H/t28-;/m0./s1. The Bertz CT molecular complexity index is 1460. The van der Waals surface area contributed by atoms with E-state index in [2.05, 4.69) is 10.0 Å². The molecule has 1 heterocycles. The van der Waals surface area contributed by atoms with Gasteiger partial charge in [0, 0.05) is 26.2 Å². The number of sulfonamides is 1. The number of fused-ring (bicyclic) bond motifs is 1. The molecule has 14 heteroatoms. The summed E-state index contributed by atoms with van der Waals surface area (Å²) in [5.41, 5.74) is 5.59. The molecule has 2 aromatic carbocycles. The average molecular weight is 679 g/mol. The van der Waals surface area contributed by atoms with Crippen molar-refractivity contribution in [2.45, 2.75) is 69.2 Å². The Morgan fingerprint density at radius 2 is 1.70 bits per heavy atom. The summed E-state index contributed by atoms with van der Waals surface area (Å²) in [6.45, 7) is 3.38. The zero-order chi connectivity index (χ0) is 32.4. The molecule has 2 fully saturated rings. The second-order valence-electron chi connectivity index (χ2n) is 12.0. The number of benzene rings is 2. The molecular weight excluding hydrogens is 632 g/mol. The Kier molecular flexibility index (Phi) is 14.1. The van der Waals surface area contributed by atoms with Gasteiger partial charge in [-0.25, -0.2) is 8.42 Å². The minimum absolute atomic E-state index is 0. The highest BCUT2D eigenvalue weighted by atomic mass is 35.5. The fraction of sp³-hybridized carbons (Fsp3) is 0.562. The van der Waals surface area contributed by atoms with Crippen LogP contribution in [-0.2, 0) is 29.1 Å². The summed E-state index contributed by atoms with van der Waals surface area (Å²) in [4.78, 5) is 43.0. The fourth-order valence-corrected chi connectivity index (χ4v) is 7.38. The molecule has 1 saturated heterocycles. The number of nitrogens with zero attached hydrogens (tertiary/aromatic N) is 2. The van der Waals surface area contributed by atoms with Crippen LogP contribution in [0.3, 0.4) is 0 Å². The number of ether oxygens (including phenoxy) is 1. The predicted octanol–water partition coefficient (Wildman–Crippen LogP) is 2.99. The number of nitrogens with two attached hydrogens (primary N) is 1. The van der Waals surface area contributed by atoms with Crippen LogP contribution >= 0.6 is 12.4 Å². The summed E-state index contributed by atoms with van der Waals surface area (Å²) in [6, 6.07) is 10.6. The van der Waals surface area contributed by atoms with Gasteiger partial charge in [-0.15, -0.1) is 12.4 Å². The van der Waals surface area contributed by atoms with Gasteiger partial charge < -0.3 is 25.6 Å². The van der Waals surface area contributed by atoms with Crippen LogP contribution in [0.15, 0.2) is 47.4 Å². The Balaban J connectivity index is 0.00000576. The minimum atomic E-state index is -4.23. The molecular formula is C32H47ClN6O6S. The lowest BCUT2D eigenvalue weighted by molar-refractivity contribution is -0.150. The largest absolute Gasteiger partial charge is 0.465 e. The second kappa shape index (κ2) is 17.5. The first-order chi connectivity index (χ1) is 21.6. The van der Waals surface area contributed by atoms with Crippen molar-refractivity contribution in [3.05, 3.63) is 42.5 Å². The van der Waals surface area contributed by atoms with Crippen molar-refractivity contribution < 1.29 is 27.5 Å². The number of piperidine rings is 1. The summed E-state index contributed by atoms with van der Waals surface area (Å²) in [5, 5.41) is 12.1. The lowest BCUT2D eigenvalue weighted by Gasteiger charge is -2.33. The van der Waals surface area contributed by atoms with Gasteiger partial charge in [-0.3, -0.25) is 19.8 Å². The molecule has 2 aliphatic rings. The van der Waals surface area contributed by atoms with Gasteiger partial charge in [0.15, 0.2) is 5.96 Å².